The maximum absolute atomic E-state index is 12.8. The fraction of sp³-hybridized carbons (Fsp3) is 0.0455. The molecule has 0 aliphatic rings. The van der Waals surface area contributed by atoms with E-state index in [-0.39, 0.29) is 11.9 Å². The first-order valence-corrected chi connectivity index (χ1v) is 9.77. The minimum atomic E-state index is -0.318. The molecule has 0 radical (unpaired) electrons. The number of benzene rings is 2. The van der Waals surface area contributed by atoms with Crippen molar-refractivity contribution in [3.05, 3.63) is 88.4 Å². The van der Waals surface area contributed by atoms with Gasteiger partial charge in [0.15, 0.2) is 0 Å². The highest BCUT2D eigenvalue weighted by atomic mass is 35.5. The standard InChI is InChI=1S/C22H16Cl2N4O2/c1-13-9-11-26-22(27-13)30-15-7-5-14(6-8-15)28-21(29)20-16(10-12-25-20)19-17(23)3-2-4-18(19)24/h2-12,25H,1H3,(H,28,29). The molecular weight excluding hydrogens is 423 g/mol. The Morgan fingerprint density at radius 1 is 1.03 bits per heavy atom. The summed E-state index contributed by atoms with van der Waals surface area (Å²) in [7, 11) is 0. The van der Waals surface area contributed by atoms with Crippen molar-refractivity contribution < 1.29 is 9.53 Å². The van der Waals surface area contributed by atoms with E-state index in [4.69, 9.17) is 27.9 Å². The van der Waals surface area contributed by atoms with Crippen LogP contribution in [0.1, 0.15) is 16.2 Å². The number of nitrogens with zero attached hydrogens (tertiary/aromatic N) is 2. The van der Waals surface area contributed by atoms with Gasteiger partial charge >= 0.3 is 6.01 Å². The number of amides is 1. The Kier molecular flexibility index (Phi) is 5.70. The fourth-order valence-corrected chi connectivity index (χ4v) is 3.50. The molecule has 6 nitrogen and oxygen atoms in total. The monoisotopic (exact) mass is 438 g/mol. The molecule has 150 valence electrons. The lowest BCUT2D eigenvalue weighted by molar-refractivity contribution is 0.102. The van der Waals surface area contributed by atoms with Gasteiger partial charge in [0.1, 0.15) is 11.4 Å². The topological polar surface area (TPSA) is 79.9 Å². The predicted molar refractivity (Wildman–Crippen MR) is 117 cm³/mol. The van der Waals surface area contributed by atoms with E-state index >= 15 is 0 Å². The number of H-pyrrole nitrogens is 1. The number of carbonyl (C=O) groups excluding carboxylic acids is 1. The summed E-state index contributed by atoms with van der Waals surface area (Å²) in [6.45, 7) is 1.86. The van der Waals surface area contributed by atoms with Gasteiger partial charge < -0.3 is 15.0 Å². The lowest BCUT2D eigenvalue weighted by atomic mass is 10.1. The van der Waals surface area contributed by atoms with Crippen LogP contribution in [0.5, 0.6) is 11.8 Å². The number of anilines is 1. The van der Waals surface area contributed by atoms with Gasteiger partial charge in [0.05, 0.1) is 0 Å². The number of carbonyl (C=O) groups is 1. The van der Waals surface area contributed by atoms with Crippen molar-refractivity contribution in [1.82, 2.24) is 15.0 Å². The van der Waals surface area contributed by atoms with Crippen LogP contribution in [0.25, 0.3) is 11.1 Å². The third-order valence-corrected chi connectivity index (χ3v) is 4.93. The minimum absolute atomic E-state index is 0.263. The van der Waals surface area contributed by atoms with Gasteiger partial charge in [-0.05, 0) is 55.5 Å². The van der Waals surface area contributed by atoms with E-state index in [2.05, 4.69) is 20.3 Å². The van der Waals surface area contributed by atoms with Gasteiger partial charge in [-0.2, -0.15) is 0 Å². The number of hydrogen-bond acceptors (Lipinski definition) is 4. The molecular formula is C22H16Cl2N4O2. The molecule has 0 saturated heterocycles. The van der Waals surface area contributed by atoms with Crippen molar-refractivity contribution in [3.8, 4) is 22.9 Å². The Hall–Kier alpha value is -3.35. The molecule has 0 atom stereocenters. The van der Waals surface area contributed by atoms with Gasteiger partial charge in [0.2, 0.25) is 0 Å². The quantitative estimate of drug-likeness (QED) is 0.392. The van der Waals surface area contributed by atoms with E-state index in [9.17, 15) is 4.79 Å². The molecule has 4 rings (SSSR count). The molecule has 0 aliphatic heterocycles. The van der Waals surface area contributed by atoms with Crippen LogP contribution < -0.4 is 10.1 Å². The number of aromatic nitrogens is 3. The molecule has 2 aromatic carbocycles. The number of halogens is 2. The second kappa shape index (κ2) is 8.57. The summed E-state index contributed by atoms with van der Waals surface area (Å²) in [4.78, 5) is 24.0. The SMILES string of the molecule is Cc1ccnc(Oc2ccc(NC(=O)c3[nH]ccc3-c3c(Cl)cccc3Cl)cc2)n1. The number of aryl methyl sites for hydroxylation is 1. The van der Waals surface area contributed by atoms with Crippen LogP contribution in [0.15, 0.2) is 67.0 Å². The summed E-state index contributed by atoms with van der Waals surface area (Å²) in [6, 6.07) is 15.9. The molecule has 1 amide bonds. The highest BCUT2D eigenvalue weighted by Crippen LogP contribution is 2.36. The largest absolute Gasteiger partial charge is 0.424 e. The van der Waals surface area contributed by atoms with Gasteiger partial charge in [0.25, 0.3) is 5.91 Å². The highest BCUT2D eigenvalue weighted by Gasteiger charge is 2.18. The number of nitrogens with one attached hydrogen (secondary N) is 2. The van der Waals surface area contributed by atoms with Crippen LogP contribution >= 0.6 is 23.2 Å². The summed E-state index contributed by atoms with van der Waals surface area (Å²) in [5.74, 6) is 0.240. The average Bonchev–Trinajstić information content (AvgIpc) is 3.19. The van der Waals surface area contributed by atoms with Crippen LogP contribution in [0, 0.1) is 6.92 Å². The summed E-state index contributed by atoms with van der Waals surface area (Å²) in [5.41, 5.74) is 3.00. The lowest BCUT2D eigenvalue weighted by Gasteiger charge is -2.10. The fourth-order valence-electron chi connectivity index (χ4n) is 2.90. The summed E-state index contributed by atoms with van der Waals surface area (Å²) in [5, 5.41) is 3.79. The molecule has 0 saturated carbocycles. The van der Waals surface area contributed by atoms with Crippen LogP contribution in [0.3, 0.4) is 0 Å². The summed E-state index contributed by atoms with van der Waals surface area (Å²) < 4.78 is 5.62. The van der Waals surface area contributed by atoms with Crippen LogP contribution in [-0.2, 0) is 0 Å². The Bertz CT molecular complexity index is 1190. The van der Waals surface area contributed by atoms with Gasteiger partial charge in [-0.25, -0.2) is 9.97 Å². The second-order valence-electron chi connectivity index (χ2n) is 6.42. The zero-order valence-corrected chi connectivity index (χ0v) is 17.3. The molecule has 0 aliphatic carbocycles. The van der Waals surface area contributed by atoms with Crippen molar-refractivity contribution in [2.24, 2.45) is 0 Å². The summed E-state index contributed by atoms with van der Waals surface area (Å²) in [6.07, 6.45) is 3.30. The number of ether oxygens (including phenoxy) is 1. The molecule has 0 spiro atoms. The van der Waals surface area contributed by atoms with Gasteiger partial charge in [-0.1, -0.05) is 29.3 Å². The maximum atomic E-state index is 12.8. The molecule has 0 unspecified atom stereocenters. The Balaban J connectivity index is 1.51. The number of aromatic amines is 1. The number of rotatable bonds is 5. The Labute approximate surface area is 182 Å². The second-order valence-corrected chi connectivity index (χ2v) is 7.24. The van der Waals surface area contributed by atoms with Crippen LogP contribution in [0.4, 0.5) is 5.69 Å². The minimum Gasteiger partial charge on any atom is -0.424 e. The zero-order valence-electron chi connectivity index (χ0n) is 15.8. The van der Waals surface area contributed by atoms with E-state index in [1.807, 2.05) is 6.92 Å². The Morgan fingerprint density at radius 2 is 1.77 bits per heavy atom. The molecule has 30 heavy (non-hydrogen) atoms. The molecule has 0 fully saturated rings. The maximum Gasteiger partial charge on any atom is 0.322 e. The molecule has 8 heteroatoms. The number of hydrogen-bond donors (Lipinski definition) is 2. The molecule has 4 aromatic rings. The van der Waals surface area contributed by atoms with Gasteiger partial charge in [-0.3, -0.25) is 4.79 Å². The third kappa shape index (κ3) is 4.30. The van der Waals surface area contributed by atoms with Crippen molar-refractivity contribution in [2.75, 3.05) is 5.32 Å². The summed E-state index contributed by atoms with van der Waals surface area (Å²) >= 11 is 12.6. The van der Waals surface area contributed by atoms with E-state index < -0.39 is 0 Å². The highest BCUT2D eigenvalue weighted by molar-refractivity contribution is 6.39. The van der Waals surface area contributed by atoms with Crippen molar-refractivity contribution in [2.45, 2.75) is 6.92 Å². The van der Waals surface area contributed by atoms with Crippen molar-refractivity contribution in [1.29, 1.82) is 0 Å². The normalized spacial score (nSPS) is 10.6. The van der Waals surface area contributed by atoms with Crippen LogP contribution in [-0.4, -0.2) is 20.9 Å². The molecule has 0 bridgehead atoms. The molecule has 2 heterocycles. The molecule has 2 aromatic heterocycles. The van der Waals surface area contributed by atoms with E-state index in [0.29, 0.717) is 38.3 Å². The van der Waals surface area contributed by atoms with E-state index in [1.54, 1.807) is 67.0 Å². The van der Waals surface area contributed by atoms with Crippen molar-refractivity contribution >= 4 is 34.8 Å². The van der Waals surface area contributed by atoms with Crippen molar-refractivity contribution in [3.63, 3.8) is 0 Å². The van der Waals surface area contributed by atoms with Crippen LogP contribution in [0.2, 0.25) is 10.0 Å². The Morgan fingerprint density at radius 3 is 2.47 bits per heavy atom. The van der Waals surface area contributed by atoms with E-state index in [0.717, 1.165) is 5.69 Å². The van der Waals surface area contributed by atoms with Gasteiger partial charge in [-0.15, -0.1) is 0 Å². The lowest BCUT2D eigenvalue weighted by Crippen LogP contribution is -2.13. The first-order chi connectivity index (χ1) is 14.5. The predicted octanol–water partition coefficient (Wildman–Crippen LogP) is 6.13. The third-order valence-electron chi connectivity index (χ3n) is 4.30. The first kappa shape index (κ1) is 19.9. The zero-order chi connectivity index (χ0) is 21.1. The first-order valence-electron chi connectivity index (χ1n) is 9.02. The average molecular weight is 439 g/mol. The smallest absolute Gasteiger partial charge is 0.322 e. The van der Waals surface area contributed by atoms with Gasteiger partial charge in [0, 0.05) is 44.9 Å². The van der Waals surface area contributed by atoms with E-state index in [1.165, 1.54) is 0 Å². The molecule has 2 N–H and O–H groups in total.